The van der Waals surface area contributed by atoms with Gasteiger partial charge in [-0.25, -0.2) is 9.50 Å². The minimum Gasteiger partial charge on any atom is -0.350 e. The second kappa shape index (κ2) is 8.39. The number of amides is 2. The minimum absolute atomic E-state index is 0.0377. The van der Waals surface area contributed by atoms with E-state index in [9.17, 15) is 9.59 Å². The minimum atomic E-state index is -0.217. The molecule has 0 aliphatic carbocycles. The number of nitrogens with one attached hydrogen (secondary N) is 2. The summed E-state index contributed by atoms with van der Waals surface area (Å²) in [5.41, 5.74) is 3.74. The molecule has 0 aliphatic heterocycles. The normalized spacial score (nSPS) is 10.7. The summed E-state index contributed by atoms with van der Waals surface area (Å²) >= 11 is 0. The Bertz CT molecular complexity index is 951. The van der Waals surface area contributed by atoms with Crippen LogP contribution in [-0.2, 0) is 22.6 Å². The average Bonchev–Trinajstić information content (AvgIpc) is 3.14. The van der Waals surface area contributed by atoms with Gasteiger partial charge in [-0.15, -0.1) is 0 Å². The Morgan fingerprint density at radius 1 is 1.07 bits per heavy atom. The quantitative estimate of drug-likeness (QED) is 0.652. The molecule has 3 aromatic rings. The molecular formula is C19H22N6O2. The zero-order valence-electron chi connectivity index (χ0n) is 15.4. The van der Waals surface area contributed by atoms with Gasteiger partial charge in [0.05, 0.1) is 6.54 Å². The van der Waals surface area contributed by atoms with E-state index in [2.05, 4.69) is 25.7 Å². The molecule has 0 saturated heterocycles. The first-order chi connectivity index (χ1) is 13.0. The van der Waals surface area contributed by atoms with Crippen LogP contribution in [0.2, 0.25) is 0 Å². The maximum atomic E-state index is 12.1. The maximum absolute atomic E-state index is 12.1. The van der Waals surface area contributed by atoms with Crippen LogP contribution in [0.5, 0.6) is 0 Å². The number of benzene rings is 1. The van der Waals surface area contributed by atoms with Crippen molar-refractivity contribution in [2.24, 2.45) is 0 Å². The van der Waals surface area contributed by atoms with Gasteiger partial charge in [0.2, 0.25) is 11.8 Å². The summed E-state index contributed by atoms with van der Waals surface area (Å²) in [6, 6.07) is 9.62. The SMILES string of the molecule is Cc1nc2ncnn2c(C)c1CCC(=O)NCC(=O)NCc1ccccc1. The Morgan fingerprint density at radius 3 is 2.63 bits per heavy atom. The molecule has 140 valence electrons. The summed E-state index contributed by atoms with van der Waals surface area (Å²) in [7, 11) is 0. The third kappa shape index (κ3) is 4.66. The monoisotopic (exact) mass is 366 g/mol. The molecule has 0 aliphatic rings. The second-order valence-electron chi connectivity index (χ2n) is 6.27. The highest BCUT2D eigenvalue weighted by Gasteiger charge is 2.13. The molecular weight excluding hydrogens is 344 g/mol. The van der Waals surface area contributed by atoms with Gasteiger partial charge in [0, 0.05) is 24.4 Å². The molecule has 1 aromatic carbocycles. The Hall–Kier alpha value is -3.29. The van der Waals surface area contributed by atoms with Crippen LogP contribution < -0.4 is 10.6 Å². The molecule has 3 rings (SSSR count). The van der Waals surface area contributed by atoms with E-state index in [1.54, 1.807) is 4.52 Å². The topological polar surface area (TPSA) is 101 Å². The van der Waals surface area contributed by atoms with Crippen molar-refractivity contribution in [2.75, 3.05) is 6.54 Å². The third-order valence-electron chi connectivity index (χ3n) is 4.37. The predicted molar refractivity (Wildman–Crippen MR) is 99.9 cm³/mol. The van der Waals surface area contributed by atoms with Crippen LogP contribution in [0.3, 0.4) is 0 Å². The molecule has 0 fully saturated rings. The number of hydrogen-bond acceptors (Lipinski definition) is 5. The van der Waals surface area contributed by atoms with Crippen molar-refractivity contribution in [3.05, 3.63) is 59.2 Å². The largest absolute Gasteiger partial charge is 0.350 e. The molecule has 0 unspecified atom stereocenters. The fraction of sp³-hybridized carbons (Fsp3) is 0.316. The van der Waals surface area contributed by atoms with E-state index in [4.69, 9.17) is 0 Å². The van der Waals surface area contributed by atoms with Gasteiger partial charge in [-0.2, -0.15) is 10.1 Å². The van der Waals surface area contributed by atoms with Gasteiger partial charge in [-0.3, -0.25) is 9.59 Å². The standard InChI is InChI=1S/C19H22N6O2/c1-13-16(14(2)25-19(24-13)22-12-23-25)8-9-17(26)21-11-18(27)20-10-15-6-4-3-5-7-15/h3-7,12H,8-11H2,1-2H3,(H,20,27)(H,21,26). The summed E-state index contributed by atoms with van der Waals surface area (Å²) in [6.45, 7) is 4.23. The Balaban J connectivity index is 1.46. The molecule has 0 atom stereocenters. The molecule has 8 nitrogen and oxygen atoms in total. The van der Waals surface area contributed by atoms with Crippen LogP contribution in [0.4, 0.5) is 0 Å². The number of nitrogens with zero attached hydrogens (tertiary/aromatic N) is 4. The highest BCUT2D eigenvalue weighted by Crippen LogP contribution is 2.14. The molecule has 2 aromatic heterocycles. The summed E-state index contributed by atoms with van der Waals surface area (Å²) < 4.78 is 1.66. The highest BCUT2D eigenvalue weighted by molar-refractivity contribution is 5.84. The van der Waals surface area contributed by atoms with E-state index in [1.807, 2.05) is 44.2 Å². The van der Waals surface area contributed by atoms with Crippen LogP contribution in [0.25, 0.3) is 5.78 Å². The lowest BCUT2D eigenvalue weighted by Crippen LogP contribution is -2.36. The summed E-state index contributed by atoms with van der Waals surface area (Å²) in [4.78, 5) is 32.4. The van der Waals surface area contributed by atoms with Gasteiger partial charge in [0.15, 0.2) is 0 Å². The number of rotatable bonds is 7. The Labute approximate surface area is 157 Å². The number of carbonyl (C=O) groups excluding carboxylic acids is 2. The smallest absolute Gasteiger partial charge is 0.252 e. The summed E-state index contributed by atoms with van der Waals surface area (Å²) in [5, 5.41) is 9.58. The van der Waals surface area contributed by atoms with Crippen molar-refractivity contribution < 1.29 is 9.59 Å². The molecule has 2 amide bonds. The van der Waals surface area contributed by atoms with Crippen LogP contribution in [0.15, 0.2) is 36.7 Å². The number of fused-ring (bicyclic) bond motifs is 1. The predicted octanol–water partition coefficient (Wildman–Crippen LogP) is 1.11. The van der Waals surface area contributed by atoms with E-state index in [0.717, 1.165) is 22.5 Å². The van der Waals surface area contributed by atoms with Crippen molar-refractivity contribution in [2.45, 2.75) is 33.2 Å². The van der Waals surface area contributed by atoms with Crippen molar-refractivity contribution in [3.63, 3.8) is 0 Å². The van der Waals surface area contributed by atoms with Crippen LogP contribution >= 0.6 is 0 Å². The zero-order valence-corrected chi connectivity index (χ0v) is 15.4. The first kappa shape index (κ1) is 18.5. The lowest BCUT2D eigenvalue weighted by molar-refractivity contribution is -0.126. The van der Waals surface area contributed by atoms with Gasteiger partial charge >= 0.3 is 0 Å². The molecule has 0 radical (unpaired) electrons. The van der Waals surface area contributed by atoms with Gasteiger partial charge in [0.1, 0.15) is 6.33 Å². The van der Waals surface area contributed by atoms with Crippen LogP contribution in [0.1, 0.15) is 28.9 Å². The number of aromatic nitrogens is 4. The van der Waals surface area contributed by atoms with E-state index in [-0.39, 0.29) is 24.8 Å². The highest BCUT2D eigenvalue weighted by atomic mass is 16.2. The van der Waals surface area contributed by atoms with Crippen LogP contribution in [-0.4, -0.2) is 37.9 Å². The van der Waals surface area contributed by atoms with E-state index >= 15 is 0 Å². The molecule has 2 heterocycles. The van der Waals surface area contributed by atoms with Gasteiger partial charge in [-0.05, 0) is 31.4 Å². The number of carbonyl (C=O) groups is 2. The van der Waals surface area contributed by atoms with E-state index in [1.165, 1.54) is 6.33 Å². The molecule has 0 spiro atoms. The van der Waals surface area contributed by atoms with Gasteiger partial charge in [-0.1, -0.05) is 30.3 Å². The van der Waals surface area contributed by atoms with Crippen molar-refractivity contribution in [1.29, 1.82) is 0 Å². The first-order valence-electron chi connectivity index (χ1n) is 8.77. The third-order valence-corrected chi connectivity index (χ3v) is 4.37. The number of hydrogen-bond donors (Lipinski definition) is 2. The Morgan fingerprint density at radius 2 is 1.85 bits per heavy atom. The average molecular weight is 366 g/mol. The van der Waals surface area contributed by atoms with Crippen molar-refractivity contribution >= 4 is 17.6 Å². The van der Waals surface area contributed by atoms with Crippen LogP contribution in [0, 0.1) is 13.8 Å². The van der Waals surface area contributed by atoms with E-state index in [0.29, 0.717) is 18.7 Å². The molecule has 8 heteroatoms. The summed E-state index contributed by atoms with van der Waals surface area (Å²) in [6.07, 6.45) is 2.26. The van der Waals surface area contributed by atoms with Gasteiger partial charge in [0.25, 0.3) is 5.78 Å². The molecule has 0 bridgehead atoms. The number of aryl methyl sites for hydroxylation is 2. The lowest BCUT2D eigenvalue weighted by atomic mass is 10.1. The molecule has 0 saturated carbocycles. The maximum Gasteiger partial charge on any atom is 0.252 e. The lowest BCUT2D eigenvalue weighted by Gasteiger charge is -2.11. The fourth-order valence-electron chi connectivity index (χ4n) is 2.88. The van der Waals surface area contributed by atoms with Gasteiger partial charge < -0.3 is 10.6 Å². The van der Waals surface area contributed by atoms with Crippen molar-refractivity contribution in [3.8, 4) is 0 Å². The molecule has 2 N–H and O–H groups in total. The zero-order chi connectivity index (χ0) is 19.2. The molecule has 27 heavy (non-hydrogen) atoms. The second-order valence-corrected chi connectivity index (χ2v) is 6.27. The van der Waals surface area contributed by atoms with E-state index < -0.39 is 0 Å². The fourth-order valence-corrected chi connectivity index (χ4v) is 2.88. The Kier molecular flexibility index (Phi) is 5.75. The van der Waals surface area contributed by atoms with Crippen molar-refractivity contribution in [1.82, 2.24) is 30.2 Å². The first-order valence-corrected chi connectivity index (χ1v) is 8.77. The summed E-state index contributed by atoms with van der Waals surface area (Å²) in [5.74, 6) is 0.154.